The topological polar surface area (TPSA) is 61.6 Å². The lowest BCUT2D eigenvalue weighted by Crippen LogP contribution is -2.34. The number of rotatable bonds is 1. The summed E-state index contributed by atoms with van der Waals surface area (Å²) in [6.07, 6.45) is 1.60. The van der Waals surface area contributed by atoms with Crippen LogP contribution in [0.25, 0.3) is 0 Å². The third kappa shape index (κ3) is 2.23. The zero-order chi connectivity index (χ0) is 10.7. The van der Waals surface area contributed by atoms with Crippen LogP contribution in [0.2, 0.25) is 0 Å². The van der Waals surface area contributed by atoms with Gasteiger partial charge in [0.05, 0.1) is 11.4 Å². The van der Waals surface area contributed by atoms with Crippen LogP contribution < -0.4 is 4.90 Å². The summed E-state index contributed by atoms with van der Waals surface area (Å²) in [6, 6.07) is 3.93. The van der Waals surface area contributed by atoms with Gasteiger partial charge in [-0.3, -0.25) is 0 Å². The Morgan fingerprint density at radius 3 is 2.53 bits per heavy atom. The molecule has 0 unspecified atom stereocenters. The van der Waals surface area contributed by atoms with Gasteiger partial charge < -0.3 is 10.1 Å². The van der Waals surface area contributed by atoms with Gasteiger partial charge in [0.1, 0.15) is 0 Å². The normalized spacial score (nSPS) is 16.6. The Labute approximate surface area is 88.4 Å². The van der Waals surface area contributed by atoms with Crippen molar-refractivity contribution in [2.75, 3.05) is 18.0 Å². The third-order valence-electron chi connectivity index (χ3n) is 2.59. The van der Waals surface area contributed by atoms with Gasteiger partial charge in [-0.2, -0.15) is 5.10 Å². The van der Waals surface area contributed by atoms with Crippen molar-refractivity contribution >= 4 is 11.5 Å². The smallest absolute Gasteiger partial charge is 0.151 e. The molecule has 15 heavy (non-hydrogen) atoms. The summed E-state index contributed by atoms with van der Waals surface area (Å²) >= 11 is 0. The molecule has 1 N–H and O–H groups in total. The zero-order valence-corrected chi connectivity index (χ0v) is 8.72. The van der Waals surface area contributed by atoms with Crippen LogP contribution in [0.3, 0.4) is 0 Å². The number of hydrogen-bond donors (Lipinski definition) is 1. The highest BCUT2D eigenvalue weighted by Crippen LogP contribution is 2.15. The number of piperidine rings is 1. The summed E-state index contributed by atoms with van der Waals surface area (Å²) < 4.78 is 0. The molecule has 0 aromatic carbocycles. The number of nitrogens with zero attached hydrogens (tertiary/aromatic N) is 4. The number of hydrogen-bond acceptors (Lipinski definition) is 5. The van der Waals surface area contributed by atoms with Crippen LogP contribution in [0.5, 0.6) is 0 Å². The fourth-order valence-corrected chi connectivity index (χ4v) is 1.65. The number of anilines is 1. The highest BCUT2D eigenvalue weighted by molar-refractivity contribution is 5.85. The van der Waals surface area contributed by atoms with Gasteiger partial charge in [0.15, 0.2) is 5.82 Å². The summed E-state index contributed by atoms with van der Waals surface area (Å²) in [7, 11) is 0. The largest absolute Gasteiger partial charge is 0.411 e. The average Bonchev–Trinajstić information content (AvgIpc) is 2.30. The number of oxime groups is 1. The van der Waals surface area contributed by atoms with E-state index >= 15 is 0 Å². The summed E-state index contributed by atoms with van der Waals surface area (Å²) in [6.45, 7) is 3.61. The molecule has 0 atom stereocenters. The maximum absolute atomic E-state index is 8.63. The molecule has 2 rings (SSSR count). The molecule has 1 fully saturated rings. The fraction of sp³-hybridized carbons (Fsp3) is 0.500. The lowest BCUT2D eigenvalue weighted by molar-refractivity contribution is 0.315. The predicted molar refractivity (Wildman–Crippen MR) is 57.4 cm³/mol. The molecule has 1 aromatic heterocycles. The first kappa shape index (κ1) is 9.89. The molecule has 0 bridgehead atoms. The molecule has 0 radical (unpaired) electrons. The van der Waals surface area contributed by atoms with Crippen molar-refractivity contribution in [2.45, 2.75) is 19.8 Å². The molecular formula is C10H14N4O. The van der Waals surface area contributed by atoms with E-state index in [0.29, 0.717) is 0 Å². The van der Waals surface area contributed by atoms with E-state index in [2.05, 4.69) is 20.3 Å². The molecule has 0 spiro atoms. The molecule has 80 valence electrons. The Balaban J connectivity index is 2.04. The summed E-state index contributed by atoms with van der Waals surface area (Å²) in [5.41, 5.74) is 1.79. The first-order valence-corrected chi connectivity index (χ1v) is 5.04. The van der Waals surface area contributed by atoms with Gasteiger partial charge in [0, 0.05) is 25.9 Å². The van der Waals surface area contributed by atoms with Crippen LogP contribution in [0.4, 0.5) is 5.82 Å². The molecule has 1 aromatic rings. The molecule has 5 heteroatoms. The maximum Gasteiger partial charge on any atom is 0.151 e. The van der Waals surface area contributed by atoms with Crippen LogP contribution in [0.1, 0.15) is 18.5 Å². The average molecular weight is 206 g/mol. The quantitative estimate of drug-likeness (QED) is 0.554. The van der Waals surface area contributed by atoms with Crippen molar-refractivity contribution < 1.29 is 5.21 Å². The molecule has 1 aliphatic rings. The van der Waals surface area contributed by atoms with Crippen molar-refractivity contribution in [1.82, 2.24) is 10.2 Å². The van der Waals surface area contributed by atoms with Crippen molar-refractivity contribution in [1.29, 1.82) is 0 Å². The lowest BCUT2D eigenvalue weighted by atomic mass is 10.1. The minimum absolute atomic E-state index is 0.798. The Morgan fingerprint density at radius 2 is 2.00 bits per heavy atom. The molecule has 1 aliphatic heterocycles. The number of aryl methyl sites for hydroxylation is 1. The van der Waals surface area contributed by atoms with Gasteiger partial charge in [-0.05, 0) is 19.1 Å². The van der Waals surface area contributed by atoms with Crippen LogP contribution in [-0.4, -0.2) is 34.2 Å². The van der Waals surface area contributed by atoms with Crippen molar-refractivity contribution in [2.24, 2.45) is 5.16 Å². The second kappa shape index (κ2) is 4.25. The molecular weight excluding hydrogens is 192 g/mol. The second-order valence-corrected chi connectivity index (χ2v) is 3.69. The minimum atomic E-state index is 0.798. The summed E-state index contributed by atoms with van der Waals surface area (Å²) in [5, 5.41) is 20.0. The van der Waals surface area contributed by atoms with Crippen LogP contribution in [0, 0.1) is 6.92 Å². The Bertz CT molecular complexity index is 350. The van der Waals surface area contributed by atoms with Crippen molar-refractivity contribution in [3.05, 3.63) is 17.8 Å². The van der Waals surface area contributed by atoms with E-state index in [1.807, 2.05) is 19.1 Å². The van der Waals surface area contributed by atoms with E-state index in [1.165, 1.54) is 0 Å². The van der Waals surface area contributed by atoms with Crippen LogP contribution in [-0.2, 0) is 0 Å². The molecule has 0 amide bonds. The van der Waals surface area contributed by atoms with Crippen LogP contribution in [0.15, 0.2) is 17.3 Å². The number of aromatic nitrogens is 2. The van der Waals surface area contributed by atoms with E-state index in [9.17, 15) is 0 Å². The first-order valence-electron chi connectivity index (χ1n) is 5.04. The Morgan fingerprint density at radius 1 is 1.27 bits per heavy atom. The zero-order valence-electron chi connectivity index (χ0n) is 8.72. The molecule has 2 heterocycles. The van der Waals surface area contributed by atoms with Gasteiger partial charge in [-0.25, -0.2) is 0 Å². The van der Waals surface area contributed by atoms with E-state index < -0.39 is 0 Å². The monoisotopic (exact) mass is 206 g/mol. The minimum Gasteiger partial charge on any atom is -0.411 e. The molecule has 0 saturated carbocycles. The lowest BCUT2D eigenvalue weighted by Gasteiger charge is -2.27. The van der Waals surface area contributed by atoms with E-state index in [0.717, 1.165) is 43.2 Å². The van der Waals surface area contributed by atoms with Crippen LogP contribution >= 0.6 is 0 Å². The Kier molecular flexibility index (Phi) is 2.80. The highest BCUT2D eigenvalue weighted by Gasteiger charge is 2.16. The van der Waals surface area contributed by atoms with Gasteiger partial charge in [0.25, 0.3) is 0 Å². The highest BCUT2D eigenvalue weighted by atomic mass is 16.4. The molecule has 0 aliphatic carbocycles. The summed E-state index contributed by atoms with van der Waals surface area (Å²) in [4.78, 5) is 2.15. The molecule has 1 saturated heterocycles. The molecule has 5 nitrogen and oxygen atoms in total. The van der Waals surface area contributed by atoms with E-state index in [-0.39, 0.29) is 0 Å². The van der Waals surface area contributed by atoms with Gasteiger partial charge in [0.2, 0.25) is 0 Å². The Hall–Kier alpha value is -1.65. The second-order valence-electron chi connectivity index (χ2n) is 3.69. The van der Waals surface area contributed by atoms with E-state index in [1.54, 1.807) is 0 Å². The fourth-order valence-electron chi connectivity index (χ4n) is 1.65. The van der Waals surface area contributed by atoms with E-state index in [4.69, 9.17) is 5.21 Å². The predicted octanol–water partition coefficient (Wildman–Crippen LogP) is 1.22. The third-order valence-corrected chi connectivity index (χ3v) is 2.59. The van der Waals surface area contributed by atoms with Gasteiger partial charge in [-0.15, -0.1) is 5.10 Å². The standard InChI is InChI=1S/C10H14N4O/c1-8-2-3-10(12-11-8)14-6-4-9(13-15)5-7-14/h2-3,15H,4-7H2,1H3. The van der Waals surface area contributed by atoms with Gasteiger partial charge in [-0.1, -0.05) is 5.16 Å². The SMILES string of the molecule is Cc1ccc(N2CCC(=NO)CC2)nn1. The van der Waals surface area contributed by atoms with Crippen molar-refractivity contribution in [3.8, 4) is 0 Å². The summed E-state index contributed by atoms with van der Waals surface area (Å²) in [5.74, 6) is 0.901. The maximum atomic E-state index is 8.63. The van der Waals surface area contributed by atoms with Crippen molar-refractivity contribution in [3.63, 3.8) is 0 Å². The van der Waals surface area contributed by atoms with Gasteiger partial charge >= 0.3 is 0 Å². The first-order chi connectivity index (χ1) is 7.29.